The van der Waals surface area contributed by atoms with Crippen LogP contribution in [-0.4, -0.2) is 41.7 Å². The van der Waals surface area contributed by atoms with Crippen LogP contribution in [0, 0.1) is 0 Å². The molecule has 1 aliphatic rings. The summed E-state index contributed by atoms with van der Waals surface area (Å²) < 4.78 is 15.3. The highest BCUT2D eigenvalue weighted by Gasteiger charge is 2.22. The predicted molar refractivity (Wildman–Crippen MR) is 89.3 cm³/mol. The highest BCUT2D eigenvalue weighted by Crippen LogP contribution is 2.15. The Labute approximate surface area is 150 Å². The number of hydrogen-bond acceptors (Lipinski definition) is 8. The molecule has 1 aliphatic heterocycles. The Hall–Kier alpha value is -2.94. The number of nitrogens with zero attached hydrogens (tertiary/aromatic N) is 2. The monoisotopic (exact) mass is 360 g/mol. The lowest BCUT2D eigenvalue weighted by Crippen LogP contribution is -2.40. The van der Waals surface area contributed by atoms with Gasteiger partial charge < -0.3 is 24.6 Å². The summed E-state index contributed by atoms with van der Waals surface area (Å²) in [5.74, 6) is 0.623. The van der Waals surface area contributed by atoms with Gasteiger partial charge in [-0.3, -0.25) is 4.79 Å². The molecule has 9 heteroatoms. The molecule has 26 heavy (non-hydrogen) atoms. The molecule has 1 amide bonds. The molecule has 1 atom stereocenters. The zero-order valence-electron chi connectivity index (χ0n) is 14.4. The van der Waals surface area contributed by atoms with Gasteiger partial charge in [-0.1, -0.05) is 11.2 Å². The van der Waals surface area contributed by atoms with E-state index in [9.17, 15) is 9.59 Å². The van der Waals surface area contributed by atoms with Gasteiger partial charge in [0.1, 0.15) is 5.75 Å². The minimum atomic E-state index is -0.440. The van der Waals surface area contributed by atoms with Crippen molar-refractivity contribution in [1.29, 1.82) is 0 Å². The minimum absolute atomic E-state index is 0.0712. The first kappa shape index (κ1) is 17.9. The lowest BCUT2D eigenvalue weighted by Gasteiger charge is -2.08. The SMILES string of the molecule is COC(=O)c1cccc(OCc2noc(CNC(=O)C3CCCN3)n2)c1. The lowest BCUT2D eigenvalue weighted by molar-refractivity contribution is -0.123. The molecule has 1 aromatic carbocycles. The third-order valence-electron chi connectivity index (χ3n) is 3.92. The second kappa shape index (κ2) is 8.43. The third-order valence-corrected chi connectivity index (χ3v) is 3.92. The molecule has 9 nitrogen and oxygen atoms in total. The normalized spacial score (nSPS) is 16.3. The molecule has 2 N–H and O–H groups in total. The van der Waals surface area contributed by atoms with Crippen LogP contribution in [-0.2, 0) is 22.7 Å². The first-order valence-electron chi connectivity index (χ1n) is 8.29. The maximum absolute atomic E-state index is 11.9. The van der Waals surface area contributed by atoms with Gasteiger partial charge in [0.2, 0.25) is 17.6 Å². The molecule has 1 unspecified atom stereocenters. The van der Waals surface area contributed by atoms with E-state index in [1.165, 1.54) is 7.11 Å². The molecule has 0 bridgehead atoms. The molecular formula is C17H20N4O5. The number of amides is 1. The topological polar surface area (TPSA) is 116 Å². The van der Waals surface area contributed by atoms with Crippen LogP contribution in [0.1, 0.15) is 34.9 Å². The average Bonchev–Trinajstić information content (AvgIpc) is 3.36. The average molecular weight is 360 g/mol. The van der Waals surface area contributed by atoms with Gasteiger partial charge in [-0.2, -0.15) is 4.98 Å². The van der Waals surface area contributed by atoms with Gasteiger partial charge in [0.25, 0.3) is 0 Å². The summed E-state index contributed by atoms with van der Waals surface area (Å²) in [6.07, 6.45) is 1.83. The molecule has 3 rings (SSSR count). The van der Waals surface area contributed by atoms with E-state index in [0.29, 0.717) is 23.0 Å². The van der Waals surface area contributed by atoms with Crippen molar-refractivity contribution in [3.8, 4) is 5.75 Å². The Morgan fingerprint density at radius 2 is 2.31 bits per heavy atom. The van der Waals surface area contributed by atoms with Crippen molar-refractivity contribution >= 4 is 11.9 Å². The Morgan fingerprint density at radius 3 is 3.08 bits per heavy atom. The van der Waals surface area contributed by atoms with Crippen LogP contribution in [0.2, 0.25) is 0 Å². The summed E-state index contributed by atoms with van der Waals surface area (Å²) in [6.45, 7) is 1.10. The van der Waals surface area contributed by atoms with E-state index in [4.69, 9.17) is 9.26 Å². The van der Waals surface area contributed by atoms with Crippen LogP contribution in [0.3, 0.4) is 0 Å². The fourth-order valence-electron chi connectivity index (χ4n) is 2.59. The van der Waals surface area contributed by atoms with E-state index in [2.05, 4.69) is 25.5 Å². The van der Waals surface area contributed by atoms with Crippen molar-refractivity contribution in [2.45, 2.75) is 32.0 Å². The molecule has 0 radical (unpaired) electrons. The van der Waals surface area contributed by atoms with Crippen LogP contribution < -0.4 is 15.4 Å². The maximum Gasteiger partial charge on any atom is 0.337 e. The van der Waals surface area contributed by atoms with E-state index in [-0.39, 0.29) is 25.1 Å². The summed E-state index contributed by atoms with van der Waals surface area (Å²) in [7, 11) is 1.32. The Bertz CT molecular complexity index is 770. The smallest absolute Gasteiger partial charge is 0.337 e. The van der Waals surface area contributed by atoms with Crippen molar-refractivity contribution < 1.29 is 23.6 Å². The fraction of sp³-hybridized carbons (Fsp3) is 0.412. The van der Waals surface area contributed by atoms with Gasteiger partial charge in [0.05, 0.1) is 25.3 Å². The predicted octanol–water partition coefficient (Wildman–Crippen LogP) is 0.803. The number of carbonyl (C=O) groups excluding carboxylic acids is 2. The maximum atomic E-state index is 11.9. The molecule has 2 heterocycles. The van der Waals surface area contributed by atoms with Crippen LogP contribution in [0.4, 0.5) is 0 Å². The molecule has 0 spiro atoms. The number of hydrogen-bond donors (Lipinski definition) is 2. The number of aromatic nitrogens is 2. The number of rotatable bonds is 7. The zero-order valence-corrected chi connectivity index (χ0v) is 14.4. The Morgan fingerprint density at radius 1 is 1.42 bits per heavy atom. The summed E-state index contributed by atoms with van der Waals surface area (Å²) in [5.41, 5.74) is 0.391. The van der Waals surface area contributed by atoms with E-state index in [1.54, 1.807) is 24.3 Å². The van der Waals surface area contributed by atoms with Crippen molar-refractivity contribution in [3.63, 3.8) is 0 Å². The van der Waals surface area contributed by atoms with Gasteiger partial charge in [0, 0.05) is 0 Å². The Balaban J connectivity index is 1.49. The molecule has 138 valence electrons. The lowest BCUT2D eigenvalue weighted by atomic mass is 10.2. The van der Waals surface area contributed by atoms with Crippen LogP contribution in [0.25, 0.3) is 0 Å². The standard InChI is InChI=1S/C17H20N4O5/c1-24-17(23)11-4-2-5-12(8-11)25-10-14-20-15(26-21-14)9-19-16(22)13-6-3-7-18-13/h2,4-5,8,13,18H,3,6-7,9-10H2,1H3,(H,19,22). The van der Waals surface area contributed by atoms with Gasteiger partial charge >= 0.3 is 5.97 Å². The van der Waals surface area contributed by atoms with Crippen molar-refractivity contribution in [2.75, 3.05) is 13.7 Å². The van der Waals surface area contributed by atoms with E-state index >= 15 is 0 Å². The summed E-state index contributed by atoms with van der Waals surface area (Å²) in [6, 6.07) is 6.45. The summed E-state index contributed by atoms with van der Waals surface area (Å²) in [4.78, 5) is 27.6. The second-order valence-electron chi connectivity index (χ2n) is 5.78. The quantitative estimate of drug-likeness (QED) is 0.697. The Kier molecular flexibility index (Phi) is 5.80. The van der Waals surface area contributed by atoms with Gasteiger partial charge in [0.15, 0.2) is 6.61 Å². The summed E-state index contributed by atoms with van der Waals surface area (Å²) >= 11 is 0. The van der Waals surface area contributed by atoms with Crippen LogP contribution >= 0.6 is 0 Å². The van der Waals surface area contributed by atoms with Gasteiger partial charge in [-0.05, 0) is 37.6 Å². The zero-order chi connectivity index (χ0) is 18.4. The highest BCUT2D eigenvalue weighted by atomic mass is 16.5. The molecule has 2 aromatic rings. The number of benzene rings is 1. The first-order chi connectivity index (χ1) is 12.7. The van der Waals surface area contributed by atoms with Gasteiger partial charge in [-0.25, -0.2) is 4.79 Å². The van der Waals surface area contributed by atoms with Crippen molar-refractivity contribution in [2.24, 2.45) is 0 Å². The minimum Gasteiger partial charge on any atom is -0.485 e. The number of nitrogens with one attached hydrogen (secondary N) is 2. The van der Waals surface area contributed by atoms with E-state index in [1.807, 2.05) is 0 Å². The van der Waals surface area contributed by atoms with E-state index in [0.717, 1.165) is 19.4 Å². The molecule has 0 aliphatic carbocycles. The van der Waals surface area contributed by atoms with Crippen molar-refractivity contribution in [3.05, 3.63) is 41.5 Å². The van der Waals surface area contributed by atoms with Crippen molar-refractivity contribution in [1.82, 2.24) is 20.8 Å². The second-order valence-corrected chi connectivity index (χ2v) is 5.78. The van der Waals surface area contributed by atoms with E-state index < -0.39 is 5.97 Å². The molecule has 1 aromatic heterocycles. The number of ether oxygens (including phenoxy) is 2. The largest absolute Gasteiger partial charge is 0.485 e. The van der Waals surface area contributed by atoms with Gasteiger partial charge in [-0.15, -0.1) is 0 Å². The van der Waals surface area contributed by atoms with Crippen LogP contribution in [0.5, 0.6) is 5.75 Å². The van der Waals surface area contributed by atoms with Crippen LogP contribution in [0.15, 0.2) is 28.8 Å². The summed E-state index contributed by atoms with van der Waals surface area (Å²) in [5, 5.41) is 9.70. The third kappa shape index (κ3) is 4.57. The molecule has 1 saturated heterocycles. The number of carbonyl (C=O) groups is 2. The highest BCUT2D eigenvalue weighted by molar-refractivity contribution is 5.89. The molecular weight excluding hydrogens is 340 g/mol. The molecule has 0 saturated carbocycles. The number of esters is 1. The molecule has 1 fully saturated rings. The number of methoxy groups -OCH3 is 1. The first-order valence-corrected chi connectivity index (χ1v) is 8.29. The fourth-order valence-corrected chi connectivity index (χ4v) is 2.59.